The molecule has 7 N–H and O–H groups in total. The van der Waals surface area contributed by atoms with Crippen LogP contribution in [0.3, 0.4) is 0 Å². The molecule has 12 aliphatic rings. The first-order valence-electron chi connectivity index (χ1n) is 39.3. The van der Waals surface area contributed by atoms with E-state index in [4.69, 9.17) is 53.1 Å². The van der Waals surface area contributed by atoms with Gasteiger partial charge in [-0.3, -0.25) is 39.3 Å². The Morgan fingerprint density at radius 2 is 1.16 bits per heavy atom. The second-order valence-corrected chi connectivity index (χ2v) is 34.0. The van der Waals surface area contributed by atoms with Gasteiger partial charge in [-0.25, -0.2) is 9.59 Å². The first-order chi connectivity index (χ1) is 56.4. The summed E-state index contributed by atoms with van der Waals surface area (Å²) in [6, 6.07) is 16.3. The number of benzene rings is 6. The number of rotatable bonds is 10. The van der Waals surface area contributed by atoms with Crippen LogP contribution in [-0.2, 0) is 64.7 Å². The molecule has 13 atom stereocenters. The minimum absolute atomic E-state index is 0.00754. The van der Waals surface area contributed by atoms with Crippen LogP contribution in [0.2, 0.25) is 0 Å². The van der Waals surface area contributed by atoms with Crippen molar-refractivity contribution in [2.75, 3.05) is 78.7 Å². The molecule has 6 aromatic carbocycles. The summed E-state index contributed by atoms with van der Waals surface area (Å²) in [6.07, 6.45) is 8.28. The number of aromatic nitrogens is 2. The molecule has 1 spiro atoms. The molecule has 2 aromatic heterocycles. The Labute approximate surface area is 684 Å². The third-order valence-corrected chi connectivity index (χ3v) is 28.0. The SMILES string of the molecule is C=CCN1[C@@H]2c3c(cc(C)c(OC)c3O)C[C@H]1[C@H](C#N)N1C2[C@@H]2SCC(=O)C(=O)OC[C@H]1c1c3c(c(C)c(OC(C)=O)c12)OCO3.C=CCN1[C@@H]2c3c(cc(C)c(OC)c3O)C[C@H]1[C@H](C#N)N1C2[C@@H]2SC[C@]3(NCCc4c3[nH]c3ccc(C)cc43)C(=O)OC[C@H]1c1c3c(c(C)c(OC(C)=O)c12)OCO3.Cc1ccc2[nH]cc(CCN)c2c1. The van der Waals surface area contributed by atoms with E-state index in [1.807, 2.05) is 32.9 Å². The van der Waals surface area contributed by atoms with Crippen molar-refractivity contribution in [2.45, 2.75) is 158 Å². The standard InChI is InChI=1S/C44H45N5O8S.C33H33N3O9S.C11H14N2/c1-7-12-48-28-15-24-14-21(3)37(53-6)36(51)31(24)34(48)35-41-33-32(40-39(55-19-56-40)22(4)38(33)57-23(5)50)30(49(35)29(28)16-45)17-54-43(52)44(18-58-41)42-25(10-11-46-44)26-13-20(2)8-9-27(26)47-42;1-6-7-35-18-9-17-8-14(2)28(41-5)27(39)22(17)25(35)26-32-24-23(31-30(43-13-44-31)15(3)29(24)45-16(4)37)20(36(26)19(18)10-34)11-42-33(40)21(38)12-46-32;1-8-2-3-11-10(6-8)9(4-5-12)7-13-11/h7-9,13-14,28-30,34-35,41,46-47,51H,1,10-12,15,17-19H2,2-6H3;6,8,18-20,25-26,32,39H,1,7,9,11-13H2,2-5H3;2-3,6-7,13H,4-5,12H2,1H3/t28-,29-,30-,34+,35?,41+,44+;18-,19-,20-,25+,26?,32+;/m00./s1. The van der Waals surface area contributed by atoms with E-state index < -0.39 is 94.0 Å². The molecule has 608 valence electrons. The van der Waals surface area contributed by atoms with E-state index in [0.717, 1.165) is 73.9 Å². The number of carbonyl (C=O) groups is 5. The lowest BCUT2D eigenvalue weighted by molar-refractivity contribution is -0.157. The summed E-state index contributed by atoms with van der Waals surface area (Å²) in [4.78, 5) is 82.0. The van der Waals surface area contributed by atoms with Gasteiger partial charge in [-0.1, -0.05) is 47.5 Å². The number of aromatic amines is 2. The number of aromatic hydroxyl groups is 2. The van der Waals surface area contributed by atoms with Gasteiger partial charge in [0.1, 0.15) is 36.8 Å². The highest BCUT2D eigenvalue weighted by molar-refractivity contribution is 8.00. The third kappa shape index (κ3) is 12.4. The second-order valence-electron chi connectivity index (χ2n) is 31.7. The van der Waals surface area contributed by atoms with Gasteiger partial charge in [0, 0.05) is 136 Å². The number of Topliss-reactive ketones (excluding diaryl/α,β-unsaturated/α-hetero) is 1. The van der Waals surface area contributed by atoms with Crippen LogP contribution in [-0.4, -0.2) is 184 Å². The van der Waals surface area contributed by atoms with E-state index in [2.05, 4.69) is 123 Å². The zero-order valence-electron chi connectivity index (χ0n) is 66.7. The predicted octanol–water partition coefficient (Wildman–Crippen LogP) is 11.0. The normalized spacial score (nSPS) is 26.1. The molecule has 14 heterocycles. The van der Waals surface area contributed by atoms with Gasteiger partial charge in [0.2, 0.25) is 19.4 Å². The Hall–Kier alpha value is -10.7. The average Bonchev–Trinajstić information content (AvgIpc) is 1.58. The number of nitrogens with one attached hydrogen (secondary N) is 3. The van der Waals surface area contributed by atoms with Crippen LogP contribution in [0.25, 0.3) is 21.8 Å². The number of phenols is 2. The molecular weight excluding hydrogens is 1530 g/mol. The predicted molar refractivity (Wildman–Crippen MR) is 435 cm³/mol. The van der Waals surface area contributed by atoms with Crippen molar-refractivity contribution in [3.05, 3.63) is 175 Å². The molecular formula is C88H92N10O17S2. The smallest absolute Gasteiger partial charge is 0.375 e. The average molecular weight is 1630 g/mol. The Balaban J connectivity index is 0.000000148. The molecule has 29 heteroatoms. The molecule has 20 rings (SSSR count). The van der Waals surface area contributed by atoms with Crippen LogP contribution < -0.4 is 48.9 Å². The summed E-state index contributed by atoms with van der Waals surface area (Å²) in [6.45, 7) is 24.0. The number of cyclic esters (lactones) is 1. The fourth-order valence-electron chi connectivity index (χ4n) is 20.8. The number of aryl methyl sites for hydroxylation is 4. The number of hydrogen-bond donors (Lipinski definition) is 6. The van der Waals surface area contributed by atoms with Crippen LogP contribution in [0, 0.1) is 64.2 Å². The van der Waals surface area contributed by atoms with Crippen LogP contribution in [0.15, 0.2) is 80.0 Å². The van der Waals surface area contributed by atoms with Crippen LogP contribution in [0.1, 0.15) is 143 Å². The van der Waals surface area contributed by atoms with Gasteiger partial charge in [0.05, 0.1) is 72.5 Å². The summed E-state index contributed by atoms with van der Waals surface area (Å²) in [5.74, 6) is 0.105. The van der Waals surface area contributed by atoms with E-state index in [1.165, 1.54) is 54.7 Å². The molecule has 27 nitrogen and oxygen atoms in total. The fraction of sp³-hybridized carbons (Fsp3) is 0.420. The largest absolute Gasteiger partial charge is 0.504 e. The van der Waals surface area contributed by atoms with Crippen LogP contribution >= 0.6 is 23.5 Å². The summed E-state index contributed by atoms with van der Waals surface area (Å²) in [5.41, 5.74) is 20.6. The number of fused-ring (bicyclic) bond motifs is 21. The Bertz CT molecular complexity index is 5630. The number of H-pyrrole nitrogens is 2. The number of hydrogen-bond acceptors (Lipinski definition) is 27. The van der Waals surface area contributed by atoms with Gasteiger partial charge in [0.25, 0.3) is 0 Å². The maximum atomic E-state index is 15.0. The fourth-order valence-corrected chi connectivity index (χ4v) is 23.8. The molecule has 0 aliphatic carbocycles. The summed E-state index contributed by atoms with van der Waals surface area (Å²) in [7, 11) is 3.06. The Morgan fingerprint density at radius 1 is 0.658 bits per heavy atom. The van der Waals surface area contributed by atoms with Gasteiger partial charge in [0.15, 0.2) is 51.5 Å². The maximum absolute atomic E-state index is 15.0. The molecule has 12 aliphatic heterocycles. The molecule has 0 radical (unpaired) electrons. The maximum Gasteiger partial charge on any atom is 0.375 e. The summed E-state index contributed by atoms with van der Waals surface area (Å²) >= 11 is 2.76. The molecule has 0 amide bonds. The molecule has 0 saturated carbocycles. The summed E-state index contributed by atoms with van der Waals surface area (Å²) in [5, 5.41) is 51.2. The van der Waals surface area contributed by atoms with Crippen molar-refractivity contribution in [1.29, 1.82) is 10.5 Å². The van der Waals surface area contributed by atoms with Crippen molar-refractivity contribution < 1.29 is 81.6 Å². The van der Waals surface area contributed by atoms with E-state index in [-0.39, 0.29) is 67.6 Å². The third-order valence-electron chi connectivity index (χ3n) is 25.2. The van der Waals surface area contributed by atoms with Gasteiger partial charge in [-0.05, 0) is 131 Å². The van der Waals surface area contributed by atoms with Gasteiger partial charge >= 0.3 is 23.9 Å². The van der Waals surface area contributed by atoms with Gasteiger partial charge in [-0.2, -0.15) is 10.5 Å². The van der Waals surface area contributed by atoms with Crippen molar-refractivity contribution in [2.24, 2.45) is 5.73 Å². The van der Waals surface area contributed by atoms with Crippen molar-refractivity contribution in [3.8, 4) is 69.6 Å². The van der Waals surface area contributed by atoms with Crippen LogP contribution in [0.4, 0.5) is 0 Å². The van der Waals surface area contributed by atoms with E-state index in [9.17, 15) is 44.7 Å². The summed E-state index contributed by atoms with van der Waals surface area (Å²) < 4.78 is 60.1. The van der Waals surface area contributed by atoms with E-state index in [0.29, 0.717) is 113 Å². The number of piperazine rings is 2. The van der Waals surface area contributed by atoms with Crippen molar-refractivity contribution in [1.82, 2.24) is 34.9 Å². The number of thioether (sulfide) groups is 2. The zero-order valence-corrected chi connectivity index (χ0v) is 68.3. The number of phenolic OH excluding ortho intramolecular Hbond substituents is 2. The number of carbonyl (C=O) groups excluding carboxylic acids is 5. The Morgan fingerprint density at radius 3 is 1.67 bits per heavy atom. The molecule has 117 heavy (non-hydrogen) atoms. The quantitative estimate of drug-likeness (QED) is 0.0321. The molecule has 2 unspecified atom stereocenters. The number of nitrogens with two attached hydrogens (primary N) is 1. The molecule has 8 bridgehead atoms. The minimum atomic E-state index is -1.26. The number of ketones is 1. The van der Waals surface area contributed by atoms with E-state index in [1.54, 1.807) is 31.9 Å². The van der Waals surface area contributed by atoms with Gasteiger partial charge in [-0.15, -0.1) is 36.7 Å². The first-order valence-corrected chi connectivity index (χ1v) is 41.4. The number of ether oxygens (including phenoxy) is 10. The highest BCUT2D eigenvalue weighted by Crippen LogP contribution is 2.68. The lowest BCUT2D eigenvalue weighted by atomic mass is 9.71. The van der Waals surface area contributed by atoms with E-state index >= 15 is 0 Å². The minimum Gasteiger partial charge on any atom is -0.504 e. The van der Waals surface area contributed by atoms with Crippen molar-refractivity contribution >= 4 is 75.0 Å². The number of nitriles is 2. The first kappa shape index (κ1) is 78.8. The lowest BCUT2D eigenvalue weighted by Crippen LogP contribution is -2.70. The van der Waals surface area contributed by atoms with Crippen LogP contribution in [0.5, 0.6) is 57.5 Å². The zero-order chi connectivity index (χ0) is 82.2. The molecule has 4 saturated heterocycles. The highest BCUT2D eigenvalue weighted by atomic mass is 32.2. The highest BCUT2D eigenvalue weighted by Gasteiger charge is 2.65. The number of methoxy groups -OCH3 is 2. The number of esters is 4. The Kier molecular flexibility index (Phi) is 20.6. The second kappa shape index (κ2) is 30.6. The van der Waals surface area contributed by atoms with Crippen molar-refractivity contribution in [3.63, 3.8) is 0 Å². The topological polar surface area (TPSA) is 348 Å². The molecule has 8 aromatic rings. The van der Waals surface area contributed by atoms with Gasteiger partial charge < -0.3 is 73.3 Å². The molecule has 4 fully saturated rings. The monoisotopic (exact) mass is 1620 g/mol. The lowest BCUT2D eigenvalue weighted by Gasteiger charge is -2.62. The number of nitrogens with zero attached hydrogens (tertiary/aromatic N) is 6.